The van der Waals surface area contributed by atoms with Crippen molar-refractivity contribution in [1.82, 2.24) is 15.1 Å². The van der Waals surface area contributed by atoms with E-state index in [2.05, 4.69) is 12.2 Å². The molecular weight excluding hydrogens is 630 g/mol. The summed E-state index contributed by atoms with van der Waals surface area (Å²) in [5.41, 5.74) is 6.90. The number of hydrogen-bond donors (Lipinski definition) is 4. The Bertz CT molecular complexity index is 1430. The summed E-state index contributed by atoms with van der Waals surface area (Å²) in [5, 5.41) is 19.6. The molecule has 0 radical (unpaired) electrons. The summed E-state index contributed by atoms with van der Waals surface area (Å²) >= 11 is 0. The zero-order chi connectivity index (χ0) is 35.8. The molecule has 1 aliphatic heterocycles. The maximum absolute atomic E-state index is 14.1. The molecule has 0 saturated carbocycles. The Kier molecular flexibility index (Phi) is 15.5. The van der Waals surface area contributed by atoms with Gasteiger partial charge < -0.3 is 35.4 Å². The van der Waals surface area contributed by atoms with Gasteiger partial charge in [-0.05, 0) is 36.2 Å². The first kappa shape index (κ1) is 38.5. The van der Waals surface area contributed by atoms with Gasteiger partial charge in [-0.1, -0.05) is 76.1 Å². The van der Waals surface area contributed by atoms with Gasteiger partial charge in [0.25, 0.3) is 5.91 Å². The van der Waals surface area contributed by atoms with Gasteiger partial charge in [-0.25, -0.2) is 0 Å². The van der Waals surface area contributed by atoms with Crippen LogP contribution < -0.4 is 15.8 Å². The number of carboxylic acids is 1. The quantitative estimate of drug-likeness (QED) is 0.0702. The number of amides is 3. The average Bonchev–Trinajstić information content (AvgIpc) is 3.09. The predicted molar refractivity (Wildman–Crippen MR) is 183 cm³/mol. The molecule has 1 heterocycles. The molecule has 3 rings (SSSR count). The number of aliphatic carboxylic acids is 1. The number of carbonyl (C=O) groups is 5. The van der Waals surface area contributed by atoms with Crippen molar-refractivity contribution in [3.8, 4) is 5.75 Å². The fourth-order valence-corrected chi connectivity index (χ4v) is 5.69. The molecule has 2 atom stereocenters. The van der Waals surface area contributed by atoms with Gasteiger partial charge in [0, 0.05) is 30.6 Å². The highest BCUT2D eigenvalue weighted by atomic mass is 16.5. The number of hydrogen-bond acceptors (Lipinski definition) is 8. The lowest BCUT2D eigenvalue weighted by Crippen LogP contribution is -2.63. The minimum atomic E-state index is -1.31. The molecule has 0 unspecified atom stereocenters. The van der Waals surface area contributed by atoms with E-state index in [9.17, 15) is 29.1 Å². The summed E-state index contributed by atoms with van der Waals surface area (Å²) in [4.78, 5) is 66.7. The van der Waals surface area contributed by atoms with Gasteiger partial charge in [0.2, 0.25) is 11.8 Å². The zero-order valence-electron chi connectivity index (χ0n) is 28.4. The summed E-state index contributed by atoms with van der Waals surface area (Å²) in [7, 11) is 1.15. The topological polar surface area (TPSA) is 192 Å². The highest BCUT2D eigenvalue weighted by Crippen LogP contribution is 2.20. The van der Waals surface area contributed by atoms with E-state index in [0.717, 1.165) is 24.9 Å². The fourth-order valence-electron chi connectivity index (χ4n) is 5.69. The number of rotatable bonds is 20. The number of piperazine rings is 1. The Hall–Kier alpha value is -4.94. The standard InChI is InChI=1S/C36H49N5O8/c1-3-4-5-6-7-8-9-10-21-49-28-17-11-25(12-18-28)22-29(39-34(45)27-15-13-26(14-16-27)33(37)38)35(46)41-20-19-40(24-31(42)43)36(47)30(41)23-32(44)48-2/h11-18,29-30H,3-10,19-24H2,1-2H3,(H3,37,38)(H,39,45)(H,42,43)/t29-,30-/m0/s1. The van der Waals surface area contributed by atoms with E-state index >= 15 is 0 Å². The van der Waals surface area contributed by atoms with Crippen molar-refractivity contribution >= 4 is 35.5 Å². The monoisotopic (exact) mass is 679 g/mol. The molecule has 0 aliphatic carbocycles. The molecule has 266 valence electrons. The second-order valence-electron chi connectivity index (χ2n) is 12.2. The maximum Gasteiger partial charge on any atom is 0.323 e. The molecule has 2 aromatic carbocycles. The van der Waals surface area contributed by atoms with Crippen LogP contribution in [-0.4, -0.2) is 95.8 Å². The lowest BCUT2D eigenvalue weighted by Gasteiger charge is -2.41. The lowest BCUT2D eigenvalue weighted by molar-refractivity contribution is -0.159. The molecule has 0 bridgehead atoms. The normalized spacial score (nSPS) is 15.0. The van der Waals surface area contributed by atoms with Crippen molar-refractivity contribution in [2.24, 2.45) is 5.73 Å². The predicted octanol–water partition coefficient (Wildman–Crippen LogP) is 3.52. The van der Waals surface area contributed by atoms with Crippen LogP contribution in [-0.2, 0) is 30.3 Å². The smallest absolute Gasteiger partial charge is 0.323 e. The SMILES string of the molecule is CCCCCCCCCCOc1ccc(C[C@H](NC(=O)c2ccc(C(=N)N)cc2)C(=O)N2CCN(CC(=O)O)C(=O)[C@@H]2CC(=O)OC)cc1. The molecule has 1 saturated heterocycles. The van der Waals surface area contributed by atoms with E-state index in [1.165, 1.54) is 67.7 Å². The van der Waals surface area contributed by atoms with Gasteiger partial charge in [-0.15, -0.1) is 0 Å². The van der Waals surface area contributed by atoms with Crippen molar-refractivity contribution in [3.63, 3.8) is 0 Å². The number of unbranched alkanes of at least 4 members (excludes halogenated alkanes) is 7. The number of nitrogens with zero attached hydrogens (tertiary/aromatic N) is 2. The first-order valence-corrected chi connectivity index (χ1v) is 16.9. The lowest BCUT2D eigenvalue weighted by atomic mass is 10.0. The van der Waals surface area contributed by atoms with Crippen LogP contribution in [0.15, 0.2) is 48.5 Å². The average molecular weight is 680 g/mol. The molecule has 3 amide bonds. The molecule has 1 aliphatic rings. The second kappa shape index (κ2) is 19.8. The molecule has 5 N–H and O–H groups in total. The van der Waals surface area contributed by atoms with Crippen LogP contribution >= 0.6 is 0 Å². The highest BCUT2D eigenvalue weighted by Gasteiger charge is 2.42. The van der Waals surface area contributed by atoms with E-state index in [-0.39, 0.29) is 30.9 Å². The Balaban J connectivity index is 1.75. The van der Waals surface area contributed by atoms with Crippen LogP contribution in [0.3, 0.4) is 0 Å². The number of nitrogens with two attached hydrogens (primary N) is 1. The second-order valence-corrected chi connectivity index (χ2v) is 12.2. The van der Waals surface area contributed by atoms with Gasteiger partial charge in [-0.3, -0.25) is 29.4 Å². The number of amidine groups is 1. The van der Waals surface area contributed by atoms with Crippen LogP contribution in [0.5, 0.6) is 5.75 Å². The number of nitrogens with one attached hydrogen (secondary N) is 2. The first-order chi connectivity index (χ1) is 23.5. The van der Waals surface area contributed by atoms with Gasteiger partial charge in [0.15, 0.2) is 0 Å². The summed E-state index contributed by atoms with van der Waals surface area (Å²) in [6.45, 7) is 2.11. The van der Waals surface area contributed by atoms with E-state index < -0.39 is 54.7 Å². The van der Waals surface area contributed by atoms with Gasteiger partial charge in [0.05, 0.1) is 20.1 Å². The van der Waals surface area contributed by atoms with Crippen molar-refractivity contribution < 1.29 is 38.6 Å². The molecule has 1 fully saturated rings. The Morgan fingerprint density at radius 3 is 2.14 bits per heavy atom. The third-order valence-corrected chi connectivity index (χ3v) is 8.47. The molecule has 0 aromatic heterocycles. The van der Waals surface area contributed by atoms with Crippen molar-refractivity contribution in [2.75, 3.05) is 33.4 Å². The number of nitrogen functional groups attached to an aromatic ring is 1. The van der Waals surface area contributed by atoms with E-state index in [1.807, 2.05) is 0 Å². The summed E-state index contributed by atoms with van der Waals surface area (Å²) in [6, 6.07) is 10.8. The molecule has 49 heavy (non-hydrogen) atoms. The Morgan fingerprint density at radius 1 is 0.939 bits per heavy atom. The number of esters is 1. The van der Waals surface area contributed by atoms with Crippen LogP contribution in [0.25, 0.3) is 0 Å². The minimum absolute atomic E-state index is 0.0509. The van der Waals surface area contributed by atoms with Crippen LogP contribution in [0.2, 0.25) is 0 Å². The van der Waals surface area contributed by atoms with Crippen molar-refractivity contribution in [1.29, 1.82) is 5.41 Å². The van der Waals surface area contributed by atoms with E-state index in [0.29, 0.717) is 23.5 Å². The molecule has 13 nitrogen and oxygen atoms in total. The maximum atomic E-state index is 14.1. The molecule has 0 spiro atoms. The van der Waals surface area contributed by atoms with Gasteiger partial charge in [-0.2, -0.15) is 0 Å². The molecular formula is C36H49N5O8. The van der Waals surface area contributed by atoms with Crippen molar-refractivity contribution in [3.05, 3.63) is 65.2 Å². The number of carbonyl (C=O) groups excluding carboxylic acids is 4. The van der Waals surface area contributed by atoms with Gasteiger partial charge >= 0.3 is 11.9 Å². The third-order valence-electron chi connectivity index (χ3n) is 8.47. The van der Waals surface area contributed by atoms with Crippen molar-refractivity contribution in [2.45, 2.75) is 83.2 Å². The Morgan fingerprint density at radius 2 is 1.55 bits per heavy atom. The van der Waals surface area contributed by atoms with E-state index in [4.69, 9.17) is 20.6 Å². The molecule has 13 heteroatoms. The summed E-state index contributed by atoms with van der Waals surface area (Å²) in [6.07, 6.45) is 9.16. The molecule has 2 aromatic rings. The zero-order valence-corrected chi connectivity index (χ0v) is 28.4. The third kappa shape index (κ3) is 12.2. The van der Waals surface area contributed by atoms with E-state index in [1.54, 1.807) is 24.3 Å². The number of ether oxygens (including phenoxy) is 2. The van der Waals surface area contributed by atoms with Crippen LogP contribution in [0.4, 0.5) is 0 Å². The Labute approximate surface area is 287 Å². The largest absolute Gasteiger partial charge is 0.494 e. The minimum Gasteiger partial charge on any atom is -0.494 e. The van der Waals surface area contributed by atoms with Crippen LogP contribution in [0, 0.1) is 5.41 Å². The summed E-state index contributed by atoms with van der Waals surface area (Å²) < 4.78 is 10.7. The number of methoxy groups -OCH3 is 1. The summed E-state index contributed by atoms with van der Waals surface area (Å²) in [5.74, 6) is -3.33. The van der Waals surface area contributed by atoms with Gasteiger partial charge in [0.1, 0.15) is 30.2 Å². The first-order valence-electron chi connectivity index (χ1n) is 16.9. The number of benzene rings is 2. The van der Waals surface area contributed by atoms with Crippen LogP contribution in [0.1, 0.15) is 86.2 Å². The number of carboxylic acid groups (broad SMARTS) is 1. The fraction of sp³-hybridized carbons (Fsp3) is 0.500. The highest BCUT2D eigenvalue weighted by molar-refractivity contribution is 6.01.